The Labute approximate surface area is 142 Å². The summed E-state index contributed by atoms with van der Waals surface area (Å²) >= 11 is 0. The van der Waals surface area contributed by atoms with E-state index in [4.69, 9.17) is 10.2 Å². The molecule has 3 N–H and O–H groups in total. The van der Waals surface area contributed by atoms with Gasteiger partial charge in [-0.1, -0.05) is 11.8 Å². The van der Waals surface area contributed by atoms with E-state index in [1.165, 1.54) is 12.7 Å². The molecule has 7 nitrogen and oxygen atoms in total. The third-order valence-electron chi connectivity index (χ3n) is 4.34. The summed E-state index contributed by atoms with van der Waals surface area (Å²) in [5.41, 5.74) is 9.84. The van der Waals surface area contributed by atoms with Crippen molar-refractivity contribution >= 4 is 34.0 Å². The number of aromatic nitrogens is 4. The number of nitrogens with zero attached hydrogens (tertiary/aromatic N) is 4. The summed E-state index contributed by atoms with van der Waals surface area (Å²) in [5, 5.41) is 0.748. The normalized spacial score (nSPS) is 13.7. The lowest BCUT2D eigenvalue weighted by atomic mass is 10.2. The van der Waals surface area contributed by atoms with Gasteiger partial charge in [0.25, 0.3) is 6.01 Å². The summed E-state index contributed by atoms with van der Waals surface area (Å²) in [6, 6.07) is 6.45. The van der Waals surface area contributed by atoms with E-state index in [1.54, 1.807) is 6.20 Å². The molecule has 3 aromatic heterocycles. The van der Waals surface area contributed by atoms with Crippen LogP contribution in [0.25, 0.3) is 22.1 Å². The molecule has 1 aromatic carbocycles. The van der Waals surface area contributed by atoms with Gasteiger partial charge in [-0.15, -0.1) is 0 Å². The average molecular weight is 330 g/mol. The van der Waals surface area contributed by atoms with Gasteiger partial charge in [0.2, 0.25) is 0 Å². The van der Waals surface area contributed by atoms with Gasteiger partial charge in [0.1, 0.15) is 23.3 Å². The number of aromatic amines is 1. The second-order valence-corrected chi connectivity index (χ2v) is 5.95. The van der Waals surface area contributed by atoms with Crippen LogP contribution in [0.4, 0.5) is 11.8 Å². The zero-order valence-corrected chi connectivity index (χ0v) is 13.3. The number of hydrogen-bond donors (Lipinski definition) is 2. The highest BCUT2D eigenvalue weighted by molar-refractivity contribution is 5.91. The lowest BCUT2D eigenvalue weighted by Gasteiger charge is -2.28. The topological polar surface area (TPSA) is 96.9 Å². The summed E-state index contributed by atoms with van der Waals surface area (Å²) in [4.78, 5) is 17.9. The van der Waals surface area contributed by atoms with Gasteiger partial charge in [0.15, 0.2) is 5.58 Å². The lowest BCUT2D eigenvalue weighted by Crippen LogP contribution is -2.37. The molecule has 5 rings (SSSR count). The van der Waals surface area contributed by atoms with Crippen molar-refractivity contribution in [1.29, 1.82) is 0 Å². The van der Waals surface area contributed by atoms with E-state index in [2.05, 4.69) is 36.7 Å². The molecule has 1 saturated heterocycles. The molecule has 7 heteroatoms. The summed E-state index contributed by atoms with van der Waals surface area (Å²) in [5.74, 6) is 6.70. The highest BCUT2D eigenvalue weighted by Gasteiger charge is 2.19. The van der Waals surface area contributed by atoms with E-state index in [0.29, 0.717) is 17.5 Å². The molecule has 0 saturated carbocycles. The molecule has 0 amide bonds. The van der Waals surface area contributed by atoms with E-state index < -0.39 is 0 Å². The van der Waals surface area contributed by atoms with Crippen LogP contribution in [0.2, 0.25) is 0 Å². The third kappa shape index (κ3) is 2.27. The Morgan fingerprint density at radius 2 is 2.12 bits per heavy atom. The minimum Gasteiger partial charge on any atom is -0.423 e. The smallest absolute Gasteiger partial charge is 0.298 e. The van der Waals surface area contributed by atoms with Crippen LogP contribution in [-0.2, 0) is 0 Å². The SMILES string of the molecule is Nc1ncnc2[nH]cc(C#Cc3ccc4oc(N5CCC5)nc4c3)c12. The quantitative estimate of drug-likeness (QED) is 0.520. The predicted molar refractivity (Wildman–Crippen MR) is 95.1 cm³/mol. The Bertz CT molecular complexity index is 1160. The first-order valence-electron chi connectivity index (χ1n) is 8.03. The number of rotatable bonds is 1. The number of H-pyrrole nitrogens is 1. The van der Waals surface area contributed by atoms with Crippen LogP contribution in [0.5, 0.6) is 0 Å². The minimum atomic E-state index is 0.418. The standard InChI is InChI=1S/C18H14N6O/c19-16-15-12(9-20-17(15)22-10-21-16)4-2-11-3-5-14-13(8-11)23-18(25-14)24-6-1-7-24/h3,5,8-10H,1,6-7H2,(H3,19,20,21,22). The van der Waals surface area contributed by atoms with Crippen molar-refractivity contribution < 1.29 is 4.42 Å². The number of nitrogens with two attached hydrogens (primary N) is 1. The van der Waals surface area contributed by atoms with Crippen molar-refractivity contribution in [2.75, 3.05) is 23.7 Å². The number of fused-ring (bicyclic) bond motifs is 2. The molecule has 0 unspecified atom stereocenters. The van der Waals surface area contributed by atoms with E-state index in [0.717, 1.165) is 40.7 Å². The molecule has 0 atom stereocenters. The number of benzene rings is 1. The molecule has 1 aliphatic rings. The molecule has 4 aromatic rings. The third-order valence-corrected chi connectivity index (χ3v) is 4.34. The van der Waals surface area contributed by atoms with E-state index in [9.17, 15) is 0 Å². The molecule has 4 heterocycles. The van der Waals surface area contributed by atoms with E-state index >= 15 is 0 Å². The Morgan fingerprint density at radius 3 is 2.96 bits per heavy atom. The fraction of sp³-hybridized carbons (Fsp3) is 0.167. The van der Waals surface area contributed by atoms with Gasteiger partial charge in [-0.25, -0.2) is 9.97 Å². The van der Waals surface area contributed by atoms with E-state index in [1.807, 2.05) is 18.2 Å². The molecular formula is C18H14N6O. The van der Waals surface area contributed by atoms with Gasteiger partial charge >= 0.3 is 0 Å². The van der Waals surface area contributed by atoms with Crippen LogP contribution in [0, 0.1) is 11.8 Å². The van der Waals surface area contributed by atoms with Gasteiger partial charge in [-0.2, -0.15) is 4.98 Å². The number of anilines is 2. The monoisotopic (exact) mass is 330 g/mol. The van der Waals surface area contributed by atoms with Gasteiger partial charge in [-0.05, 0) is 24.6 Å². The number of oxazole rings is 1. The minimum absolute atomic E-state index is 0.418. The van der Waals surface area contributed by atoms with Crippen molar-refractivity contribution in [3.8, 4) is 11.8 Å². The molecule has 1 fully saturated rings. The van der Waals surface area contributed by atoms with Gasteiger partial charge < -0.3 is 20.0 Å². The average Bonchev–Trinajstić information content (AvgIpc) is 3.15. The summed E-state index contributed by atoms with van der Waals surface area (Å²) in [6.07, 6.45) is 4.41. The molecular weight excluding hydrogens is 316 g/mol. The molecule has 0 aliphatic carbocycles. The van der Waals surface area contributed by atoms with Gasteiger partial charge in [-0.3, -0.25) is 0 Å². The summed E-state index contributed by atoms with van der Waals surface area (Å²) in [6.45, 7) is 2.01. The van der Waals surface area contributed by atoms with Gasteiger partial charge in [0, 0.05) is 24.8 Å². The summed E-state index contributed by atoms with van der Waals surface area (Å²) < 4.78 is 5.78. The Balaban J connectivity index is 1.52. The lowest BCUT2D eigenvalue weighted by molar-refractivity contribution is 0.510. The van der Waals surface area contributed by atoms with E-state index in [-0.39, 0.29) is 0 Å². The van der Waals surface area contributed by atoms with Crippen LogP contribution in [0.15, 0.2) is 35.1 Å². The second kappa shape index (κ2) is 5.24. The van der Waals surface area contributed by atoms with Gasteiger partial charge in [0.05, 0.1) is 10.9 Å². The fourth-order valence-corrected chi connectivity index (χ4v) is 2.86. The van der Waals surface area contributed by atoms with Crippen LogP contribution in [-0.4, -0.2) is 33.0 Å². The zero-order chi connectivity index (χ0) is 16.8. The maximum Gasteiger partial charge on any atom is 0.298 e. The maximum absolute atomic E-state index is 5.93. The van der Waals surface area contributed by atoms with Crippen molar-refractivity contribution in [3.63, 3.8) is 0 Å². The van der Waals surface area contributed by atoms with Crippen LogP contribution in [0.3, 0.4) is 0 Å². The van der Waals surface area contributed by atoms with Crippen molar-refractivity contribution in [3.05, 3.63) is 41.9 Å². The Morgan fingerprint density at radius 1 is 1.20 bits per heavy atom. The first kappa shape index (κ1) is 13.9. The number of nitrogen functional groups attached to an aromatic ring is 1. The molecule has 0 radical (unpaired) electrons. The first-order chi connectivity index (χ1) is 12.3. The number of nitrogens with one attached hydrogen (secondary N) is 1. The van der Waals surface area contributed by atoms with Crippen LogP contribution >= 0.6 is 0 Å². The second-order valence-electron chi connectivity index (χ2n) is 5.95. The van der Waals surface area contributed by atoms with Crippen molar-refractivity contribution in [1.82, 2.24) is 19.9 Å². The number of hydrogen-bond acceptors (Lipinski definition) is 6. The predicted octanol–water partition coefficient (Wildman–Crippen LogP) is 2.29. The molecule has 122 valence electrons. The maximum atomic E-state index is 5.93. The zero-order valence-electron chi connectivity index (χ0n) is 13.3. The van der Waals surface area contributed by atoms with Crippen molar-refractivity contribution in [2.45, 2.75) is 6.42 Å². The molecule has 0 bridgehead atoms. The highest BCUT2D eigenvalue weighted by Crippen LogP contribution is 2.26. The van der Waals surface area contributed by atoms with Crippen molar-refractivity contribution in [2.24, 2.45) is 0 Å². The van der Waals surface area contributed by atoms with Crippen LogP contribution in [0.1, 0.15) is 17.5 Å². The summed E-state index contributed by atoms with van der Waals surface area (Å²) in [7, 11) is 0. The Hall–Kier alpha value is -3.53. The fourth-order valence-electron chi connectivity index (χ4n) is 2.86. The molecule has 25 heavy (non-hydrogen) atoms. The molecule has 0 spiro atoms. The Kier molecular flexibility index (Phi) is 2.91. The largest absolute Gasteiger partial charge is 0.423 e. The van der Waals surface area contributed by atoms with Crippen LogP contribution < -0.4 is 10.6 Å². The molecule has 1 aliphatic heterocycles. The highest BCUT2D eigenvalue weighted by atomic mass is 16.4. The first-order valence-corrected chi connectivity index (χ1v) is 8.03.